The van der Waals surface area contributed by atoms with Crippen molar-refractivity contribution >= 4 is 22.7 Å². The zero-order valence-corrected chi connectivity index (χ0v) is 17.4. The summed E-state index contributed by atoms with van der Waals surface area (Å²) in [7, 11) is 0. The molecule has 7 nitrogen and oxygen atoms in total. The Bertz CT molecular complexity index is 1350. The van der Waals surface area contributed by atoms with Crippen molar-refractivity contribution in [1.82, 2.24) is 24.5 Å². The zero-order chi connectivity index (χ0) is 22.0. The molecule has 9 heteroatoms. The van der Waals surface area contributed by atoms with Gasteiger partial charge in [-0.2, -0.15) is 10.1 Å². The minimum absolute atomic E-state index is 0.116. The van der Waals surface area contributed by atoms with Gasteiger partial charge in [-0.05, 0) is 44.7 Å². The summed E-state index contributed by atoms with van der Waals surface area (Å²) in [5, 5.41) is 5.15. The molecule has 2 aliphatic rings. The SMILES string of the molecule is Cc1c(C(=O)N2C3CCC(c4cc(C(F)F)nc5ncnn45)C2CC3)oc2ccccc12. The van der Waals surface area contributed by atoms with Crippen molar-refractivity contribution in [2.24, 2.45) is 0 Å². The molecule has 164 valence electrons. The lowest BCUT2D eigenvalue weighted by atomic mass is 9.86. The van der Waals surface area contributed by atoms with Crippen molar-refractivity contribution in [3.8, 4) is 0 Å². The first kappa shape index (κ1) is 19.3. The molecule has 5 heterocycles. The Kier molecular flexibility index (Phi) is 4.28. The summed E-state index contributed by atoms with van der Waals surface area (Å²) < 4.78 is 34.5. The third-order valence-electron chi connectivity index (χ3n) is 7.00. The molecule has 4 aromatic rings. The van der Waals surface area contributed by atoms with Gasteiger partial charge in [0.1, 0.15) is 17.6 Å². The normalized spacial score (nSPS) is 23.0. The smallest absolute Gasteiger partial charge is 0.290 e. The number of hydrogen-bond acceptors (Lipinski definition) is 5. The average molecular weight is 437 g/mol. The highest BCUT2D eigenvalue weighted by molar-refractivity contribution is 5.99. The predicted octanol–water partition coefficient (Wildman–Crippen LogP) is 4.67. The van der Waals surface area contributed by atoms with Crippen molar-refractivity contribution < 1.29 is 18.0 Å². The molecule has 3 unspecified atom stereocenters. The number of para-hydroxylation sites is 1. The molecule has 1 amide bonds. The largest absolute Gasteiger partial charge is 0.451 e. The van der Waals surface area contributed by atoms with Gasteiger partial charge in [0.05, 0.1) is 5.69 Å². The third-order valence-corrected chi connectivity index (χ3v) is 7.00. The van der Waals surface area contributed by atoms with E-state index in [9.17, 15) is 13.6 Å². The van der Waals surface area contributed by atoms with E-state index < -0.39 is 6.43 Å². The summed E-state index contributed by atoms with van der Waals surface area (Å²) in [4.78, 5) is 23.6. The lowest BCUT2D eigenvalue weighted by Crippen LogP contribution is -2.47. The number of aromatic nitrogens is 4. The monoisotopic (exact) mass is 437 g/mol. The lowest BCUT2D eigenvalue weighted by molar-refractivity contribution is 0.0523. The first-order valence-electron chi connectivity index (χ1n) is 10.8. The second-order valence-corrected chi connectivity index (χ2v) is 8.63. The van der Waals surface area contributed by atoms with Crippen molar-refractivity contribution in [2.45, 2.75) is 57.0 Å². The number of benzene rings is 1. The topological polar surface area (TPSA) is 76.5 Å². The van der Waals surface area contributed by atoms with E-state index in [1.807, 2.05) is 36.1 Å². The van der Waals surface area contributed by atoms with Gasteiger partial charge < -0.3 is 9.32 Å². The number of carbonyl (C=O) groups is 1. The zero-order valence-electron chi connectivity index (χ0n) is 17.4. The molecule has 0 aliphatic carbocycles. The van der Waals surface area contributed by atoms with Crippen LogP contribution in [-0.2, 0) is 0 Å². The van der Waals surface area contributed by atoms with Gasteiger partial charge in [0.25, 0.3) is 18.1 Å². The number of hydrogen-bond donors (Lipinski definition) is 0. The molecule has 2 bridgehead atoms. The summed E-state index contributed by atoms with van der Waals surface area (Å²) in [5.41, 5.74) is 1.84. The van der Waals surface area contributed by atoms with Gasteiger partial charge in [-0.3, -0.25) is 4.79 Å². The summed E-state index contributed by atoms with van der Waals surface area (Å²) >= 11 is 0. The van der Waals surface area contributed by atoms with Crippen LogP contribution in [-0.4, -0.2) is 42.5 Å². The average Bonchev–Trinajstić information content (AvgIpc) is 3.48. The molecule has 0 N–H and O–H groups in total. The summed E-state index contributed by atoms with van der Waals surface area (Å²) in [6, 6.07) is 9.04. The number of alkyl halides is 2. The van der Waals surface area contributed by atoms with E-state index in [0.717, 1.165) is 36.6 Å². The highest BCUT2D eigenvalue weighted by atomic mass is 19.3. The van der Waals surface area contributed by atoms with Crippen LogP contribution in [0.4, 0.5) is 8.78 Å². The van der Waals surface area contributed by atoms with Crippen LogP contribution in [0.2, 0.25) is 0 Å². The Morgan fingerprint density at radius 3 is 2.81 bits per heavy atom. The molecule has 2 saturated heterocycles. The van der Waals surface area contributed by atoms with Crippen LogP contribution in [0.15, 0.2) is 41.1 Å². The molecule has 0 saturated carbocycles. The fraction of sp³-hybridized carbons (Fsp3) is 0.391. The van der Waals surface area contributed by atoms with Crippen LogP contribution in [0.25, 0.3) is 16.7 Å². The standard InChI is InChI=1S/C23H21F2N5O2/c1-12-14-4-2-3-5-19(14)32-20(12)22(31)29-13-6-8-15(17(29)9-7-13)18-10-16(21(24)25)28-23-26-11-27-30(18)23/h2-5,10-11,13,15,17,21H,6-9H2,1H3. The number of nitrogens with zero attached hydrogens (tertiary/aromatic N) is 5. The highest BCUT2D eigenvalue weighted by Gasteiger charge is 2.47. The number of rotatable bonds is 3. The lowest BCUT2D eigenvalue weighted by Gasteiger charge is -2.40. The molecular formula is C23H21F2N5O2. The minimum atomic E-state index is -2.70. The van der Waals surface area contributed by atoms with E-state index in [1.165, 1.54) is 16.9 Å². The molecule has 3 atom stereocenters. The van der Waals surface area contributed by atoms with Gasteiger partial charge >= 0.3 is 0 Å². The van der Waals surface area contributed by atoms with Crippen LogP contribution >= 0.6 is 0 Å². The van der Waals surface area contributed by atoms with Gasteiger partial charge in [0.2, 0.25) is 0 Å². The highest BCUT2D eigenvalue weighted by Crippen LogP contribution is 2.45. The number of amides is 1. The molecule has 2 fully saturated rings. The third kappa shape index (κ3) is 2.76. The van der Waals surface area contributed by atoms with E-state index in [2.05, 4.69) is 15.1 Å². The summed E-state index contributed by atoms with van der Waals surface area (Å²) in [6.45, 7) is 1.90. The number of fused-ring (bicyclic) bond motifs is 4. The maximum Gasteiger partial charge on any atom is 0.290 e. The Morgan fingerprint density at radius 2 is 2.00 bits per heavy atom. The Balaban J connectivity index is 1.42. The molecule has 0 spiro atoms. The second kappa shape index (κ2) is 7.08. The molecule has 1 aromatic carbocycles. The second-order valence-electron chi connectivity index (χ2n) is 8.63. The van der Waals surface area contributed by atoms with E-state index >= 15 is 0 Å². The van der Waals surface area contributed by atoms with Gasteiger partial charge in [0.15, 0.2) is 5.76 Å². The fourth-order valence-corrected chi connectivity index (χ4v) is 5.54. The molecular weight excluding hydrogens is 416 g/mol. The van der Waals surface area contributed by atoms with E-state index in [1.54, 1.807) is 0 Å². The van der Waals surface area contributed by atoms with Crippen molar-refractivity contribution in [1.29, 1.82) is 0 Å². The Hall–Kier alpha value is -3.36. The van der Waals surface area contributed by atoms with Crippen molar-refractivity contribution in [2.75, 3.05) is 0 Å². The van der Waals surface area contributed by atoms with E-state index in [-0.39, 0.29) is 35.4 Å². The van der Waals surface area contributed by atoms with Crippen molar-refractivity contribution in [3.63, 3.8) is 0 Å². The molecule has 0 radical (unpaired) electrons. The predicted molar refractivity (Wildman–Crippen MR) is 112 cm³/mol. The number of carbonyl (C=O) groups excluding carboxylic acids is 1. The van der Waals surface area contributed by atoms with E-state index in [4.69, 9.17) is 4.42 Å². The van der Waals surface area contributed by atoms with Gasteiger partial charge in [-0.15, -0.1) is 0 Å². The Morgan fingerprint density at radius 1 is 1.19 bits per heavy atom. The Labute approximate surface area is 182 Å². The van der Waals surface area contributed by atoms with Crippen LogP contribution in [0.1, 0.15) is 65.5 Å². The fourth-order valence-electron chi connectivity index (χ4n) is 5.54. The van der Waals surface area contributed by atoms with Crippen LogP contribution in [0, 0.1) is 6.92 Å². The van der Waals surface area contributed by atoms with Crippen LogP contribution in [0.3, 0.4) is 0 Å². The quantitative estimate of drug-likeness (QED) is 0.466. The number of aryl methyl sites for hydroxylation is 1. The van der Waals surface area contributed by atoms with E-state index in [0.29, 0.717) is 17.0 Å². The number of halogens is 2. The van der Waals surface area contributed by atoms with Gasteiger partial charge in [-0.1, -0.05) is 18.2 Å². The maximum atomic E-state index is 13.7. The maximum absolute atomic E-state index is 13.7. The van der Waals surface area contributed by atoms with Crippen LogP contribution in [0.5, 0.6) is 0 Å². The number of furan rings is 1. The summed E-state index contributed by atoms with van der Waals surface area (Å²) in [5.74, 6) is 0.252. The molecule has 3 aromatic heterocycles. The van der Waals surface area contributed by atoms with Crippen molar-refractivity contribution in [3.05, 3.63) is 59.4 Å². The minimum Gasteiger partial charge on any atom is -0.451 e. The molecule has 32 heavy (non-hydrogen) atoms. The molecule has 6 rings (SSSR count). The number of piperidine rings is 1. The summed E-state index contributed by atoms with van der Waals surface area (Å²) in [6.07, 6.45) is 1.91. The first-order valence-corrected chi connectivity index (χ1v) is 10.8. The molecule has 2 aliphatic heterocycles. The first-order chi connectivity index (χ1) is 15.5. The van der Waals surface area contributed by atoms with Crippen LogP contribution < -0.4 is 0 Å². The van der Waals surface area contributed by atoms with Gasteiger partial charge in [-0.25, -0.2) is 18.3 Å². The van der Waals surface area contributed by atoms with Gasteiger partial charge in [0, 0.05) is 29.0 Å².